The minimum atomic E-state index is -0.936. The Morgan fingerprint density at radius 3 is 2.70 bits per heavy atom. The second kappa shape index (κ2) is 18.9. The zero-order valence-corrected chi connectivity index (χ0v) is 25.8. The largest absolute Gasteiger partial charge is 0.494 e. The molecule has 0 spiro atoms. The molecule has 1 heterocycles. The van der Waals surface area contributed by atoms with Crippen LogP contribution < -0.4 is 11.1 Å². The van der Waals surface area contributed by atoms with Crippen LogP contribution in [0.5, 0.6) is 0 Å². The van der Waals surface area contributed by atoms with Gasteiger partial charge in [0.25, 0.3) is 0 Å². The van der Waals surface area contributed by atoms with Crippen LogP contribution in [0.1, 0.15) is 57.6 Å². The lowest BCUT2D eigenvalue weighted by Crippen LogP contribution is -2.50. The summed E-state index contributed by atoms with van der Waals surface area (Å²) in [7, 11) is 2.04. The quantitative estimate of drug-likeness (QED) is 0.0611. The first-order chi connectivity index (χ1) is 20.6. The smallest absolute Gasteiger partial charge is 0.171 e. The summed E-state index contributed by atoms with van der Waals surface area (Å²) in [5.41, 5.74) is 6.24. The van der Waals surface area contributed by atoms with E-state index in [1.165, 1.54) is 12.1 Å². The number of nitrogens with one attached hydrogen (secondary N) is 2. The number of hydrogen-bond donors (Lipinski definition) is 3. The van der Waals surface area contributed by atoms with Crippen molar-refractivity contribution in [1.29, 1.82) is 5.41 Å². The average molecular weight is 602 g/mol. The summed E-state index contributed by atoms with van der Waals surface area (Å²) in [5.74, 6) is -0.287. The van der Waals surface area contributed by atoms with Crippen molar-refractivity contribution in [1.82, 2.24) is 10.2 Å². The van der Waals surface area contributed by atoms with Crippen LogP contribution in [0.25, 0.3) is 0 Å². The fourth-order valence-electron chi connectivity index (χ4n) is 4.78. The third kappa shape index (κ3) is 11.9. The van der Waals surface area contributed by atoms with Crippen LogP contribution in [0.4, 0.5) is 13.2 Å². The Morgan fingerprint density at radius 1 is 1.33 bits per heavy atom. The molecule has 0 radical (unpaired) electrons. The Labute approximate surface area is 254 Å². The molecule has 236 valence electrons. The number of likely N-dealkylation sites (N-methyl/N-ethyl adjacent to an activating group) is 1. The lowest BCUT2D eigenvalue weighted by atomic mass is 9.88. The molecule has 1 aromatic carbocycles. The van der Waals surface area contributed by atoms with Crippen molar-refractivity contribution in [3.05, 3.63) is 70.3 Å². The number of aliphatic imine (C=N–C) groups is 1. The van der Waals surface area contributed by atoms with E-state index in [9.17, 15) is 4.39 Å². The van der Waals surface area contributed by atoms with Crippen molar-refractivity contribution in [2.45, 2.75) is 65.0 Å². The van der Waals surface area contributed by atoms with Gasteiger partial charge < -0.3 is 25.4 Å². The van der Waals surface area contributed by atoms with Gasteiger partial charge in [-0.15, -0.1) is 6.42 Å². The summed E-state index contributed by atoms with van der Waals surface area (Å²) in [5, 5.41) is 11.0. The number of terminal acetylenes is 1. The minimum Gasteiger partial charge on any atom is -0.494 e. The molecule has 1 aliphatic rings. The van der Waals surface area contributed by atoms with Crippen molar-refractivity contribution in [3.63, 3.8) is 0 Å². The zero-order chi connectivity index (χ0) is 31.8. The van der Waals surface area contributed by atoms with E-state index in [1.807, 2.05) is 27.8 Å². The number of halogens is 3. The van der Waals surface area contributed by atoms with Crippen molar-refractivity contribution in [2.75, 3.05) is 39.9 Å². The number of nitrogens with zero attached hydrogens (tertiary/aromatic N) is 2. The lowest BCUT2D eigenvalue weighted by molar-refractivity contribution is 0.0293. The van der Waals surface area contributed by atoms with Crippen molar-refractivity contribution < 1.29 is 22.6 Å². The Bertz CT molecular complexity index is 1220. The van der Waals surface area contributed by atoms with Crippen LogP contribution in [0.15, 0.2) is 58.3 Å². The number of amidine groups is 1. The second-order valence-electron chi connectivity index (χ2n) is 10.7. The van der Waals surface area contributed by atoms with Gasteiger partial charge in [-0.3, -0.25) is 10.4 Å². The summed E-state index contributed by atoms with van der Waals surface area (Å²) in [6.45, 7) is 7.87. The van der Waals surface area contributed by atoms with Gasteiger partial charge in [-0.1, -0.05) is 38.0 Å². The van der Waals surface area contributed by atoms with Gasteiger partial charge in [-0.05, 0) is 70.4 Å². The first kappa shape index (κ1) is 35.6. The maximum Gasteiger partial charge on any atom is 0.171 e. The topological polar surface area (TPSA) is 96.0 Å². The molecule has 1 fully saturated rings. The Morgan fingerprint density at radius 2 is 2.09 bits per heavy atom. The molecule has 1 saturated heterocycles. The number of benzene rings is 1. The van der Waals surface area contributed by atoms with Crippen LogP contribution in [0, 0.1) is 29.5 Å². The molecule has 4 N–H and O–H groups in total. The second-order valence-corrected chi connectivity index (χ2v) is 10.7. The average Bonchev–Trinajstić information content (AvgIpc) is 2.97. The van der Waals surface area contributed by atoms with Gasteiger partial charge in [0.15, 0.2) is 12.2 Å². The van der Waals surface area contributed by atoms with Crippen LogP contribution in [0.3, 0.4) is 0 Å². The fraction of sp³-hybridized carbons (Fsp3) is 0.515. The number of nitrogens with two attached hydrogens (primary N) is 1. The third-order valence-corrected chi connectivity index (χ3v) is 7.36. The lowest BCUT2D eigenvalue weighted by Gasteiger charge is -2.42. The van der Waals surface area contributed by atoms with E-state index in [2.05, 4.69) is 21.1 Å². The SMILES string of the molecule is C#Cc1cc(CC/C=C/C(C(/F)=C(\CC(=N)N)OC[C@@H](CC)C2CCN2C)=C(\F)CN=COCC(C)NCC)ccc1F. The van der Waals surface area contributed by atoms with Gasteiger partial charge in [0.2, 0.25) is 0 Å². The van der Waals surface area contributed by atoms with Gasteiger partial charge in [0.05, 0.1) is 31.0 Å². The predicted molar refractivity (Wildman–Crippen MR) is 168 cm³/mol. The number of likely N-dealkylation sites (tertiary alicyclic amines) is 1. The highest BCUT2D eigenvalue weighted by atomic mass is 19.1. The first-order valence-corrected chi connectivity index (χ1v) is 14.8. The van der Waals surface area contributed by atoms with Crippen LogP contribution in [0.2, 0.25) is 0 Å². The highest BCUT2D eigenvalue weighted by Crippen LogP contribution is 2.29. The number of aryl methyl sites for hydroxylation is 1. The van der Waals surface area contributed by atoms with E-state index in [-0.39, 0.29) is 47.7 Å². The van der Waals surface area contributed by atoms with Gasteiger partial charge in [0.1, 0.15) is 24.0 Å². The first-order valence-electron chi connectivity index (χ1n) is 14.8. The Kier molecular flexibility index (Phi) is 15.6. The van der Waals surface area contributed by atoms with E-state index in [4.69, 9.17) is 27.0 Å². The minimum absolute atomic E-state index is 0.0893. The molecule has 2 unspecified atom stereocenters. The fourth-order valence-corrected chi connectivity index (χ4v) is 4.78. The maximum atomic E-state index is 16.0. The van der Waals surface area contributed by atoms with E-state index >= 15 is 8.78 Å². The van der Waals surface area contributed by atoms with E-state index < -0.39 is 24.0 Å². The Balaban J connectivity index is 2.29. The molecule has 3 atom stereocenters. The molecule has 0 aromatic heterocycles. The third-order valence-electron chi connectivity index (χ3n) is 7.36. The highest BCUT2D eigenvalue weighted by Gasteiger charge is 2.32. The highest BCUT2D eigenvalue weighted by molar-refractivity contribution is 5.79. The molecule has 2 rings (SSSR count). The summed E-state index contributed by atoms with van der Waals surface area (Å²) < 4.78 is 56.5. The molecular formula is C33H46F3N5O2. The molecule has 0 aliphatic carbocycles. The van der Waals surface area contributed by atoms with Crippen molar-refractivity contribution in [2.24, 2.45) is 16.6 Å². The number of hydrogen-bond acceptors (Lipinski definition) is 6. The molecule has 0 bridgehead atoms. The molecule has 1 aromatic rings. The monoisotopic (exact) mass is 601 g/mol. The Hall–Kier alpha value is -3.55. The maximum absolute atomic E-state index is 16.0. The predicted octanol–water partition coefficient (Wildman–Crippen LogP) is 5.82. The molecule has 0 amide bonds. The molecule has 7 nitrogen and oxygen atoms in total. The summed E-state index contributed by atoms with van der Waals surface area (Å²) >= 11 is 0. The number of allylic oxidation sites excluding steroid dienone is 4. The van der Waals surface area contributed by atoms with Crippen molar-refractivity contribution >= 4 is 12.2 Å². The standard InChI is InChI=1S/C33H46F3N5O2/c1-6-25-17-24(13-14-28(25)34)11-9-10-12-27(29(35)19-39-22-42-20-23(4)40-8-3)33(36)31(18-32(37)38)43-21-26(7-2)30-15-16-41(30)5/h1,10,12-14,17,22-23,26,30,40H,7-9,11,15-16,18-21H2,2-5H3,(H3,37,38)/b12-10+,29-27+,33-31-,39-22?/t23?,26-,30?/m1/s1. The van der Waals surface area contributed by atoms with Crippen LogP contribution >= 0.6 is 0 Å². The molecule has 43 heavy (non-hydrogen) atoms. The van der Waals surface area contributed by atoms with Crippen LogP contribution in [-0.4, -0.2) is 69.1 Å². The molecule has 10 heteroatoms. The van der Waals surface area contributed by atoms with E-state index in [1.54, 1.807) is 18.2 Å². The summed E-state index contributed by atoms with van der Waals surface area (Å²) in [4.78, 5) is 6.19. The van der Waals surface area contributed by atoms with Gasteiger partial charge in [0, 0.05) is 23.6 Å². The summed E-state index contributed by atoms with van der Waals surface area (Å²) in [6, 6.07) is 4.91. The number of rotatable bonds is 19. The van der Waals surface area contributed by atoms with E-state index in [0.29, 0.717) is 25.5 Å². The van der Waals surface area contributed by atoms with Gasteiger partial charge >= 0.3 is 0 Å². The van der Waals surface area contributed by atoms with Gasteiger partial charge in [-0.2, -0.15) is 0 Å². The molecular weight excluding hydrogens is 555 g/mol. The zero-order valence-electron chi connectivity index (χ0n) is 25.8. The summed E-state index contributed by atoms with van der Waals surface area (Å²) in [6.07, 6.45) is 11.9. The molecule has 1 aliphatic heterocycles. The van der Waals surface area contributed by atoms with Gasteiger partial charge in [-0.25, -0.2) is 13.2 Å². The number of ether oxygens (including phenoxy) is 2. The molecule has 0 saturated carbocycles. The van der Waals surface area contributed by atoms with E-state index in [0.717, 1.165) is 37.9 Å². The van der Waals surface area contributed by atoms with Crippen LogP contribution in [-0.2, 0) is 15.9 Å². The normalized spacial score (nSPS) is 18.0. The van der Waals surface area contributed by atoms with Crippen molar-refractivity contribution in [3.8, 4) is 12.3 Å².